The predicted octanol–water partition coefficient (Wildman–Crippen LogP) is 0.00940. The second-order valence-electron chi connectivity index (χ2n) is 3.64. The van der Waals surface area contributed by atoms with Crippen LogP contribution in [0, 0.1) is 0 Å². The van der Waals surface area contributed by atoms with Crippen molar-refractivity contribution < 1.29 is 0 Å². The van der Waals surface area contributed by atoms with Crippen LogP contribution in [0.4, 0.5) is 0 Å². The van der Waals surface area contributed by atoms with Gasteiger partial charge in [-0.1, -0.05) is 6.08 Å². The van der Waals surface area contributed by atoms with Gasteiger partial charge < -0.3 is 10.2 Å². The molecule has 3 nitrogen and oxygen atoms in total. The topological polar surface area (TPSA) is 18.5 Å². The van der Waals surface area contributed by atoms with Crippen molar-refractivity contribution in [3.63, 3.8) is 0 Å². The molecule has 0 amide bonds. The lowest BCUT2D eigenvalue weighted by molar-refractivity contribution is 0.155. The number of rotatable bonds is 5. The highest BCUT2D eigenvalue weighted by atomic mass is 15.2. The molecular formula is C10H21N3. The Labute approximate surface area is 81.4 Å². The highest BCUT2D eigenvalue weighted by Crippen LogP contribution is 1.97. The number of nitrogens with zero attached hydrogens (tertiary/aromatic N) is 2. The van der Waals surface area contributed by atoms with Gasteiger partial charge in [0.15, 0.2) is 0 Å². The van der Waals surface area contributed by atoms with Crippen LogP contribution in [-0.4, -0.2) is 62.7 Å². The van der Waals surface area contributed by atoms with E-state index in [9.17, 15) is 0 Å². The second-order valence-corrected chi connectivity index (χ2v) is 3.64. The molecule has 0 aromatic carbocycles. The summed E-state index contributed by atoms with van der Waals surface area (Å²) in [5, 5.41) is 3.32. The van der Waals surface area contributed by atoms with Crippen molar-refractivity contribution in [2.75, 3.05) is 52.9 Å². The standard InChI is InChI=1S/C10H21N3/c1-3-4-11-5-6-13-9-7-12(2)8-10-13/h3,11H,1,4-10H2,2H3. The Morgan fingerprint density at radius 2 is 2.00 bits per heavy atom. The van der Waals surface area contributed by atoms with Crippen LogP contribution in [0.3, 0.4) is 0 Å². The molecule has 1 heterocycles. The first-order chi connectivity index (χ1) is 6.33. The van der Waals surface area contributed by atoms with Crippen molar-refractivity contribution in [3.8, 4) is 0 Å². The smallest absolute Gasteiger partial charge is 0.0132 e. The molecule has 1 fully saturated rings. The van der Waals surface area contributed by atoms with Crippen molar-refractivity contribution in [1.82, 2.24) is 15.1 Å². The number of hydrogen-bond acceptors (Lipinski definition) is 3. The van der Waals surface area contributed by atoms with Crippen LogP contribution < -0.4 is 5.32 Å². The first-order valence-corrected chi connectivity index (χ1v) is 5.05. The quantitative estimate of drug-likeness (QED) is 0.478. The van der Waals surface area contributed by atoms with Crippen molar-refractivity contribution in [2.45, 2.75) is 0 Å². The Morgan fingerprint density at radius 1 is 1.31 bits per heavy atom. The van der Waals surface area contributed by atoms with E-state index in [2.05, 4.69) is 28.7 Å². The summed E-state index contributed by atoms with van der Waals surface area (Å²) in [6, 6.07) is 0. The van der Waals surface area contributed by atoms with E-state index in [1.165, 1.54) is 32.7 Å². The second kappa shape index (κ2) is 6.13. The van der Waals surface area contributed by atoms with Gasteiger partial charge in [-0.05, 0) is 7.05 Å². The minimum atomic E-state index is 0.924. The molecule has 1 saturated heterocycles. The predicted molar refractivity (Wildman–Crippen MR) is 57.0 cm³/mol. The highest BCUT2D eigenvalue weighted by molar-refractivity contribution is 4.72. The van der Waals surface area contributed by atoms with Gasteiger partial charge in [-0.2, -0.15) is 0 Å². The van der Waals surface area contributed by atoms with E-state index < -0.39 is 0 Å². The van der Waals surface area contributed by atoms with Crippen molar-refractivity contribution >= 4 is 0 Å². The third-order valence-electron chi connectivity index (χ3n) is 2.49. The van der Waals surface area contributed by atoms with Gasteiger partial charge >= 0.3 is 0 Å². The third-order valence-corrected chi connectivity index (χ3v) is 2.49. The molecule has 1 aliphatic heterocycles. The normalized spacial score (nSPS) is 20.4. The van der Waals surface area contributed by atoms with Gasteiger partial charge in [0.25, 0.3) is 0 Å². The molecule has 3 heteroatoms. The zero-order valence-corrected chi connectivity index (χ0v) is 8.63. The maximum absolute atomic E-state index is 3.67. The Kier molecular flexibility index (Phi) is 5.05. The van der Waals surface area contributed by atoms with Crippen LogP contribution in [0.5, 0.6) is 0 Å². The lowest BCUT2D eigenvalue weighted by Gasteiger charge is -2.32. The number of piperazine rings is 1. The molecular weight excluding hydrogens is 162 g/mol. The summed E-state index contributed by atoms with van der Waals surface area (Å²) in [6.45, 7) is 11.7. The fourth-order valence-corrected chi connectivity index (χ4v) is 1.51. The van der Waals surface area contributed by atoms with Gasteiger partial charge in [-0.15, -0.1) is 6.58 Å². The molecule has 0 spiro atoms. The third kappa shape index (κ3) is 4.41. The van der Waals surface area contributed by atoms with Gasteiger partial charge in [-0.25, -0.2) is 0 Å². The van der Waals surface area contributed by atoms with E-state index in [4.69, 9.17) is 0 Å². The molecule has 76 valence electrons. The summed E-state index contributed by atoms with van der Waals surface area (Å²) in [7, 11) is 2.19. The monoisotopic (exact) mass is 183 g/mol. The minimum absolute atomic E-state index is 0.924. The Bertz CT molecular complexity index is 139. The average molecular weight is 183 g/mol. The van der Waals surface area contributed by atoms with E-state index in [-0.39, 0.29) is 0 Å². The zero-order valence-electron chi connectivity index (χ0n) is 8.63. The van der Waals surface area contributed by atoms with E-state index in [0.29, 0.717) is 0 Å². The summed E-state index contributed by atoms with van der Waals surface area (Å²) >= 11 is 0. The summed E-state index contributed by atoms with van der Waals surface area (Å²) < 4.78 is 0. The number of hydrogen-bond donors (Lipinski definition) is 1. The van der Waals surface area contributed by atoms with E-state index in [1.807, 2.05) is 6.08 Å². The Balaban J connectivity index is 1.99. The molecule has 0 radical (unpaired) electrons. The van der Waals surface area contributed by atoms with E-state index >= 15 is 0 Å². The molecule has 1 aliphatic rings. The maximum Gasteiger partial charge on any atom is 0.0132 e. The highest BCUT2D eigenvalue weighted by Gasteiger charge is 2.12. The van der Waals surface area contributed by atoms with Gasteiger partial charge in [0, 0.05) is 45.8 Å². The zero-order chi connectivity index (χ0) is 9.52. The number of nitrogens with one attached hydrogen (secondary N) is 1. The van der Waals surface area contributed by atoms with Crippen LogP contribution in [-0.2, 0) is 0 Å². The van der Waals surface area contributed by atoms with Crippen LogP contribution >= 0.6 is 0 Å². The van der Waals surface area contributed by atoms with Crippen LogP contribution in [0.2, 0.25) is 0 Å². The average Bonchev–Trinajstić information content (AvgIpc) is 2.15. The molecule has 0 atom stereocenters. The summed E-state index contributed by atoms with van der Waals surface area (Å²) in [4.78, 5) is 4.89. The van der Waals surface area contributed by atoms with E-state index in [0.717, 1.165) is 13.1 Å². The summed E-state index contributed by atoms with van der Waals surface area (Å²) in [5.41, 5.74) is 0. The van der Waals surface area contributed by atoms with Gasteiger partial charge in [-0.3, -0.25) is 4.90 Å². The summed E-state index contributed by atoms with van der Waals surface area (Å²) in [6.07, 6.45) is 1.91. The van der Waals surface area contributed by atoms with Gasteiger partial charge in [0.2, 0.25) is 0 Å². The minimum Gasteiger partial charge on any atom is -0.312 e. The molecule has 0 aromatic rings. The molecule has 0 saturated carbocycles. The lowest BCUT2D eigenvalue weighted by Crippen LogP contribution is -2.46. The fraction of sp³-hybridized carbons (Fsp3) is 0.800. The lowest BCUT2D eigenvalue weighted by atomic mass is 10.3. The van der Waals surface area contributed by atoms with Gasteiger partial charge in [0.1, 0.15) is 0 Å². The molecule has 0 aliphatic carbocycles. The number of likely N-dealkylation sites (N-methyl/N-ethyl adjacent to an activating group) is 1. The first kappa shape index (κ1) is 10.7. The SMILES string of the molecule is C=CCNCCN1CCN(C)CC1. The maximum atomic E-state index is 3.67. The molecule has 0 aromatic heterocycles. The van der Waals surface area contributed by atoms with Crippen molar-refractivity contribution in [3.05, 3.63) is 12.7 Å². The van der Waals surface area contributed by atoms with E-state index in [1.54, 1.807) is 0 Å². The largest absolute Gasteiger partial charge is 0.312 e. The van der Waals surface area contributed by atoms with Crippen LogP contribution in [0.25, 0.3) is 0 Å². The fourth-order valence-electron chi connectivity index (χ4n) is 1.51. The summed E-state index contributed by atoms with van der Waals surface area (Å²) in [5.74, 6) is 0. The van der Waals surface area contributed by atoms with Crippen LogP contribution in [0.15, 0.2) is 12.7 Å². The molecule has 0 bridgehead atoms. The van der Waals surface area contributed by atoms with Crippen LogP contribution in [0.1, 0.15) is 0 Å². The van der Waals surface area contributed by atoms with Gasteiger partial charge in [0.05, 0.1) is 0 Å². The first-order valence-electron chi connectivity index (χ1n) is 5.05. The molecule has 1 N–H and O–H groups in total. The van der Waals surface area contributed by atoms with Crippen molar-refractivity contribution in [1.29, 1.82) is 0 Å². The Hall–Kier alpha value is -0.380. The Morgan fingerprint density at radius 3 is 2.62 bits per heavy atom. The van der Waals surface area contributed by atoms with Crippen molar-refractivity contribution in [2.24, 2.45) is 0 Å². The molecule has 0 unspecified atom stereocenters. The molecule has 1 rings (SSSR count). The molecule has 13 heavy (non-hydrogen) atoms.